The van der Waals surface area contributed by atoms with E-state index in [1.807, 2.05) is 13.8 Å². The lowest BCUT2D eigenvalue weighted by molar-refractivity contribution is -0.118. The van der Waals surface area contributed by atoms with E-state index < -0.39 is 0 Å². The molecule has 1 aliphatic heterocycles. The fourth-order valence-corrected chi connectivity index (χ4v) is 2.37. The van der Waals surface area contributed by atoms with Crippen molar-refractivity contribution >= 4 is 5.91 Å². The Morgan fingerprint density at radius 1 is 1.32 bits per heavy atom. The maximum absolute atomic E-state index is 12.1. The zero-order valence-corrected chi connectivity index (χ0v) is 12.1. The highest BCUT2D eigenvalue weighted by Gasteiger charge is 2.18. The predicted molar refractivity (Wildman–Crippen MR) is 78.0 cm³/mol. The largest absolute Gasteiger partial charge is 0.346 e. The summed E-state index contributed by atoms with van der Waals surface area (Å²) in [6.45, 7) is 9.80. The Morgan fingerprint density at radius 2 is 2.00 bits per heavy atom. The third kappa shape index (κ3) is 3.04. The molecule has 0 bridgehead atoms. The van der Waals surface area contributed by atoms with Gasteiger partial charge in [0.15, 0.2) is 0 Å². The quantitative estimate of drug-likeness (QED) is 0.817. The Kier molecular flexibility index (Phi) is 4.05. The van der Waals surface area contributed by atoms with E-state index in [2.05, 4.69) is 42.7 Å². The molecule has 0 radical (unpaired) electrons. The van der Waals surface area contributed by atoms with E-state index in [9.17, 15) is 4.79 Å². The maximum atomic E-state index is 12.1. The summed E-state index contributed by atoms with van der Waals surface area (Å²) in [5.41, 5.74) is 5.73. The van der Waals surface area contributed by atoms with E-state index in [0.29, 0.717) is 0 Å². The summed E-state index contributed by atoms with van der Waals surface area (Å²) in [4.78, 5) is 12.1. The zero-order chi connectivity index (χ0) is 14.0. The van der Waals surface area contributed by atoms with Crippen LogP contribution >= 0.6 is 0 Å². The van der Waals surface area contributed by atoms with Crippen LogP contribution in [0.3, 0.4) is 0 Å². The smallest absolute Gasteiger partial charge is 0.247 e. The first kappa shape index (κ1) is 13.8. The van der Waals surface area contributed by atoms with Gasteiger partial charge < -0.3 is 10.6 Å². The number of benzene rings is 1. The molecule has 0 aliphatic carbocycles. The number of hydrogen-bond donors (Lipinski definition) is 2. The van der Waals surface area contributed by atoms with Gasteiger partial charge in [0.05, 0.1) is 6.04 Å². The summed E-state index contributed by atoms with van der Waals surface area (Å²) >= 11 is 0. The zero-order valence-electron chi connectivity index (χ0n) is 12.1. The first-order valence-electron chi connectivity index (χ1n) is 6.76. The second-order valence-electron chi connectivity index (χ2n) is 5.39. The summed E-state index contributed by atoms with van der Waals surface area (Å²) < 4.78 is 0. The van der Waals surface area contributed by atoms with E-state index in [4.69, 9.17) is 0 Å². The second kappa shape index (κ2) is 5.57. The van der Waals surface area contributed by atoms with Gasteiger partial charge in [-0.25, -0.2) is 0 Å². The Hall–Kier alpha value is -1.61. The van der Waals surface area contributed by atoms with Crippen LogP contribution in [0.15, 0.2) is 29.3 Å². The van der Waals surface area contributed by atoms with Gasteiger partial charge in [-0.1, -0.05) is 23.8 Å². The molecule has 1 aromatic carbocycles. The minimum atomic E-state index is 0.0386. The minimum absolute atomic E-state index is 0.0386. The van der Waals surface area contributed by atoms with Crippen molar-refractivity contribution in [3.8, 4) is 0 Å². The molecule has 1 saturated heterocycles. The number of aryl methyl sites for hydroxylation is 2. The average Bonchev–Trinajstić information content (AvgIpc) is 2.25. The highest BCUT2D eigenvalue weighted by atomic mass is 16.1. The standard InChI is InChI=1S/C16H22N2O/c1-10-5-6-15(11(2)7-10)13(4)18-16(19)12(3)14-8-17-9-14/h5-7,13,17H,8-9H2,1-4H3,(H,18,19). The molecule has 102 valence electrons. The van der Waals surface area contributed by atoms with E-state index in [0.717, 1.165) is 18.7 Å². The molecule has 1 aliphatic rings. The number of hydrogen-bond acceptors (Lipinski definition) is 2. The summed E-state index contributed by atoms with van der Waals surface area (Å²) in [6, 6.07) is 6.38. The van der Waals surface area contributed by atoms with E-state index >= 15 is 0 Å². The molecule has 3 heteroatoms. The molecule has 1 atom stereocenters. The maximum Gasteiger partial charge on any atom is 0.247 e. The predicted octanol–water partition coefficient (Wildman–Crippen LogP) is 2.40. The highest BCUT2D eigenvalue weighted by molar-refractivity contribution is 5.94. The van der Waals surface area contributed by atoms with Gasteiger partial charge in [0.25, 0.3) is 0 Å². The van der Waals surface area contributed by atoms with Gasteiger partial charge in [-0.05, 0) is 44.4 Å². The summed E-state index contributed by atoms with van der Waals surface area (Å²) in [7, 11) is 0. The second-order valence-corrected chi connectivity index (χ2v) is 5.39. The van der Waals surface area contributed by atoms with Crippen LogP contribution in [-0.4, -0.2) is 19.0 Å². The summed E-state index contributed by atoms with van der Waals surface area (Å²) in [5.74, 6) is 0.0453. The number of amides is 1. The van der Waals surface area contributed by atoms with Crippen LogP contribution in [0, 0.1) is 13.8 Å². The van der Waals surface area contributed by atoms with Crippen LogP contribution in [0.1, 0.15) is 36.6 Å². The van der Waals surface area contributed by atoms with E-state index in [1.54, 1.807) is 0 Å². The molecule has 2 N–H and O–H groups in total. The monoisotopic (exact) mass is 258 g/mol. The first-order valence-corrected chi connectivity index (χ1v) is 6.76. The normalized spacial score (nSPS) is 15.7. The van der Waals surface area contributed by atoms with Gasteiger partial charge in [-0.15, -0.1) is 0 Å². The molecule has 1 aromatic rings. The number of carbonyl (C=O) groups is 1. The van der Waals surface area contributed by atoms with Crippen molar-refractivity contribution in [2.24, 2.45) is 0 Å². The van der Waals surface area contributed by atoms with Crippen molar-refractivity contribution in [2.75, 3.05) is 13.1 Å². The Morgan fingerprint density at radius 3 is 2.53 bits per heavy atom. The molecule has 3 nitrogen and oxygen atoms in total. The van der Waals surface area contributed by atoms with Crippen molar-refractivity contribution in [2.45, 2.75) is 33.7 Å². The third-order valence-electron chi connectivity index (χ3n) is 3.79. The van der Waals surface area contributed by atoms with Crippen LogP contribution < -0.4 is 10.6 Å². The van der Waals surface area contributed by atoms with Crippen molar-refractivity contribution in [3.63, 3.8) is 0 Å². The Bertz CT molecular complexity index is 526. The molecule has 0 spiro atoms. The minimum Gasteiger partial charge on any atom is -0.346 e. The van der Waals surface area contributed by atoms with Gasteiger partial charge in [0.2, 0.25) is 5.91 Å². The van der Waals surface area contributed by atoms with Crippen LogP contribution in [0.25, 0.3) is 0 Å². The van der Waals surface area contributed by atoms with Gasteiger partial charge in [-0.2, -0.15) is 0 Å². The molecular weight excluding hydrogens is 236 g/mol. The summed E-state index contributed by atoms with van der Waals surface area (Å²) in [5, 5.41) is 6.24. The molecule has 1 fully saturated rings. The molecule has 0 saturated carbocycles. The van der Waals surface area contributed by atoms with Gasteiger partial charge in [-0.3, -0.25) is 4.79 Å². The van der Waals surface area contributed by atoms with Crippen molar-refractivity contribution < 1.29 is 4.79 Å². The van der Waals surface area contributed by atoms with E-state index in [-0.39, 0.29) is 11.9 Å². The lowest BCUT2D eigenvalue weighted by Gasteiger charge is -2.23. The van der Waals surface area contributed by atoms with Crippen LogP contribution in [0.5, 0.6) is 0 Å². The fourth-order valence-electron chi connectivity index (χ4n) is 2.37. The molecule has 0 aromatic heterocycles. The number of nitrogens with one attached hydrogen (secondary N) is 2. The fraction of sp³-hybridized carbons (Fsp3) is 0.438. The Labute approximate surface area is 115 Å². The molecule has 2 rings (SSSR count). The summed E-state index contributed by atoms with van der Waals surface area (Å²) in [6.07, 6.45) is 0. The van der Waals surface area contributed by atoms with Gasteiger partial charge in [0, 0.05) is 18.7 Å². The van der Waals surface area contributed by atoms with Crippen molar-refractivity contribution in [1.82, 2.24) is 10.6 Å². The topological polar surface area (TPSA) is 41.1 Å². The number of rotatable bonds is 3. The van der Waals surface area contributed by atoms with Gasteiger partial charge >= 0.3 is 0 Å². The Balaban J connectivity index is 2.08. The van der Waals surface area contributed by atoms with Gasteiger partial charge in [0.1, 0.15) is 0 Å². The molecule has 1 heterocycles. The van der Waals surface area contributed by atoms with Crippen LogP contribution in [-0.2, 0) is 4.79 Å². The van der Waals surface area contributed by atoms with Crippen molar-refractivity contribution in [1.29, 1.82) is 0 Å². The van der Waals surface area contributed by atoms with E-state index in [1.165, 1.54) is 22.3 Å². The average molecular weight is 258 g/mol. The van der Waals surface area contributed by atoms with Crippen LogP contribution in [0.4, 0.5) is 0 Å². The lowest BCUT2D eigenvalue weighted by atomic mass is 9.99. The molecule has 19 heavy (non-hydrogen) atoms. The third-order valence-corrected chi connectivity index (χ3v) is 3.79. The molecule has 1 amide bonds. The highest BCUT2D eigenvalue weighted by Crippen LogP contribution is 2.19. The SMILES string of the molecule is CC(C(=O)NC(C)c1ccc(C)cc1C)=C1CNC1. The van der Waals surface area contributed by atoms with Crippen molar-refractivity contribution in [3.05, 3.63) is 46.0 Å². The lowest BCUT2D eigenvalue weighted by Crippen LogP contribution is -2.38. The molecular formula is C16H22N2O. The molecule has 1 unspecified atom stereocenters. The first-order chi connectivity index (χ1) is 8.99. The number of carbonyl (C=O) groups excluding carboxylic acids is 1. The van der Waals surface area contributed by atoms with Crippen LogP contribution in [0.2, 0.25) is 0 Å².